The van der Waals surface area contributed by atoms with Crippen molar-refractivity contribution < 1.29 is 0 Å². The summed E-state index contributed by atoms with van der Waals surface area (Å²) in [7, 11) is 0. The molecule has 0 unspecified atom stereocenters. The average molecular weight is 352 g/mol. The molecule has 0 saturated carbocycles. The number of benzene rings is 3. The van der Waals surface area contributed by atoms with Gasteiger partial charge in [0, 0.05) is 22.5 Å². The predicted octanol–water partition coefficient (Wildman–Crippen LogP) is 4.41. The second kappa shape index (κ2) is 6.14. The molecule has 3 aromatic carbocycles. The monoisotopic (exact) mass is 352 g/mol. The van der Waals surface area contributed by atoms with Crippen LogP contribution in [0.2, 0.25) is 0 Å². The molecule has 5 nitrogen and oxygen atoms in total. The first-order valence-corrected chi connectivity index (χ1v) is 8.71. The Kier molecular flexibility index (Phi) is 3.50. The van der Waals surface area contributed by atoms with Gasteiger partial charge in [0.05, 0.1) is 22.9 Å². The van der Waals surface area contributed by atoms with Gasteiger partial charge in [-0.05, 0) is 24.3 Å². The molecule has 27 heavy (non-hydrogen) atoms. The Morgan fingerprint density at radius 2 is 1.56 bits per heavy atom. The van der Waals surface area contributed by atoms with E-state index in [1.54, 1.807) is 15.5 Å². The molecule has 2 heterocycles. The Morgan fingerprint density at radius 1 is 0.815 bits per heavy atom. The van der Waals surface area contributed by atoms with Gasteiger partial charge in [0.1, 0.15) is 0 Å². The lowest BCUT2D eigenvalue weighted by atomic mass is 10.1. The summed E-state index contributed by atoms with van der Waals surface area (Å²) in [5, 5.41) is 9.85. The van der Waals surface area contributed by atoms with Crippen LogP contribution in [0.5, 0.6) is 0 Å². The molecule has 0 radical (unpaired) electrons. The smallest absolute Gasteiger partial charge is 0.273 e. The first-order valence-electron chi connectivity index (χ1n) is 8.71. The van der Waals surface area contributed by atoms with E-state index in [-0.39, 0.29) is 5.56 Å². The van der Waals surface area contributed by atoms with Crippen LogP contribution >= 0.6 is 0 Å². The lowest BCUT2D eigenvalue weighted by Gasteiger charge is -2.14. The molecule has 5 rings (SSSR count). The number of hydrogen-bond acceptors (Lipinski definition) is 3. The fourth-order valence-corrected chi connectivity index (χ4v) is 3.31. The number of hydrogen-bond donors (Lipinski definition) is 1. The quantitative estimate of drug-likeness (QED) is 0.523. The van der Waals surface area contributed by atoms with E-state index in [0.717, 1.165) is 33.2 Å². The van der Waals surface area contributed by atoms with Gasteiger partial charge in [0.25, 0.3) is 5.56 Å². The normalized spacial score (nSPS) is 11.1. The van der Waals surface area contributed by atoms with Crippen molar-refractivity contribution in [1.29, 1.82) is 0 Å². The van der Waals surface area contributed by atoms with Gasteiger partial charge < -0.3 is 5.32 Å². The van der Waals surface area contributed by atoms with Crippen molar-refractivity contribution in [3.8, 4) is 0 Å². The number of nitrogens with one attached hydrogen (secondary N) is 1. The third kappa shape index (κ3) is 2.66. The summed E-state index contributed by atoms with van der Waals surface area (Å²) in [6.45, 7) is 0. The average Bonchev–Trinajstić information content (AvgIpc) is 3.12. The molecule has 0 aliphatic heterocycles. The molecule has 0 atom stereocenters. The molecule has 0 fully saturated rings. The SMILES string of the molecule is O=c1cc(Nc2ccccc2)c2ccccc2n1-n1cc2ccccc2n1. The summed E-state index contributed by atoms with van der Waals surface area (Å²) in [4.78, 5) is 14.6. The highest BCUT2D eigenvalue weighted by Crippen LogP contribution is 2.25. The lowest BCUT2D eigenvalue weighted by Crippen LogP contribution is -2.26. The molecule has 0 spiro atoms. The van der Waals surface area contributed by atoms with Crippen LogP contribution in [0.25, 0.3) is 21.8 Å². The summed E-state index contributed by atoms with van der Waals surface area (Å²) >= 11 is 0. The number of fused-ring (bicyclic) bond motifs is 2. The van der Waals surface area contributed by atoms with Crippen molar-refractivity contribution in [3.05, 3.63) is 101 Å². The van der Waals surface area contributed by atoms with Gasteiger partial charge >= 0.3 is 0 Å². The van der Waals surface area contributed by atoms with Crippen molar-refractivity contribution in [1.82, 2.24) is 14.6 Å². The van der Waals surface area contributed by atoms with E-state index in [0.29, 0.717) is 0 Å². The Morgan fingerprint density at radius 3 is 2.41 bits per heavy atom. The Bertz CT molecular complexity index is 1290. The van der Waals surface area contributed by atoms with Crippen molar-refractivity contribution in [2.45, 2.75) is 0 Å². The zero-order chi connectivity index (χ0) is 18.2. The first-order chi connectivity index (χ1) is 13.3. The van der Waals surface area contributed by atoms with Crippen LogP contribution in [0.15, 0.2) is 95.9 Å². The molecule has 5 aromatic rings. The van der Waals surface area contributed by atoms with Crippen LogP contribution < -0.4 is 10.9 Å². The topological polar surface area (TPSA) is 51.9 Å². The number of rotatable bonds is 3. The minimum Gasteiger partial charge on any atom is -0.355 e. The van der Waals surface area contributed by atoms with Gasteiger partial charge in [0.15, 0.2) is 0 Å². The summed E-state index contributed by atoms with van der Waals surface area (Å²) < 4.78 is 1.59. The summed E-state index contributed by atoms with van der Waals surface area (Å²) in [5.74, 6) is 0. The van der Waals surface area contributed by atoms with Gasteiger partial charge in [-0.3, -0.25) is 4.79 Å². The number of nitrogens with zero attached hydrogens (tertiary/aromatic N) is 3. The molecule has 130 valence electrons. The van der Waals surface area contributed by atoms with Crippen LogP contribution in [0.3, 0.4) is 0 Å². The number of anilines is 2. The fraction of sp³-hybridized carbons (Fsp3) is 0. The van der Waals surface area contributed by atoms with Gasteiger partial charge in [-0.15, -0.1) is 0 Å². The van der Waals surface area contributed by atoms with Crippen molar-refractivity contribution in [2.24, 2.45) is 0 Å². The van der Waals surface area contributed by atoms with Crippen molar-refractivity contribution in [2.75, 3.05) is 5.32 Å². The second-order valence-electron chi connectivity index (χ2n) is 6.32. The fourth-order valence-electron chi connectivity index (χ4n) is 3.31. The highest BCUT2D eigenvalue weighted by molar-refractivity contribution is 5.93. The molecule has 0 aliphatic rings. The lowest BCUT2D eigenvalue weighted by molar-refractivity contribution is 0.581. The standard InChI is InChI=1S/C22H16N4O/c27-22-14-20(23-17-9-2-1-3-10-17)18-11-5-7-13-21(18)26(22)25-15-16-8-4-6-12-19(16)24-25/h1-15,23H. The molecule has 0 saturated heterocycles. The van der Waals surface area contributed by atoms with Gasteiger partial charge in [-0.25, -0.2) is 0 Å². The van der Waals surface area contributed by atoms with E-state index < -0.39 is 0 Å². The van der Waals surface area contributed by atoms with Crippen LogP contribution in [-0.4, -0.2) is 14.6 Å². The number of para-hydroxylation sites is 2. The predicted molar refractivity (Wildman–Crippen MR) is 108 cm³/mol. The molecule has 0 amide bonds. The molecule has 0 bridgehead atoms. The van der Waals surface area contributed by atoms with Gasteiger partial charge in [0.2, 0.25) is 0 Å². The van der Waals surface area contributed by atoms with E-state index in [1.165, 1.54) is 0 Å². The maximum atomic E-state index is 13.0. The summed E-state index contributed by atoms with van der Waals surface area (Å²) in [5.41, 5.74) is 3.19. The largest absolute Gasteiger partial charge is 0.355 e. The van der Waals surface area contributed by atoms with Gasteiger partial charge in [-0.2, -0.15) is 14.6 Å². The molecular weight excluding hydrogens is 336 g/mol. The molecule has 1 N–H and O–H groups in total. The van der Waals surface area contributed by atoms with E-state index in [4.69, 9.17) is 0 Å². The minimum atomic E-state index is -0.153. The molecular formula is C22H16N4O. The third-order valence-corrected chi connectivity index (χ3v) is 4.56. The van der Waals surface area contributed by atoms with Gasteiger partial charge in [-0.1, -0.05) is 54.6 Å². The zero-order valence-corrected chi connectivity index (χ0v) is 14.4. The maximum absolute atomic E-state index is 13.0. The van der Waals surface area contributed by atoms with E-state index in [9.17, 15) is 4.79 Å². The van der Waals surface area contributed by atoms with Crippen LogP contribution in [-0.2, 0) is 0 Å². The van der Waals surface area contributed by atoms with Crippen LogP contribution in [0.4, 0.5) is 11.4 Å². The molecule has 0 aliphatic carbocycles. The number of pyridine rings is 1. The second-order valence-corrected chi connectivity index (χ2v) is 6.32. The highest BCUT2D eigenvalue weighted by Gasteiger charge is 2.11. The molecule has 5 heteroatoms. The van der Waals surface area contributed by atoms with Crippen LogP contribution in [0, 0.1) is 0 Å². The number of aromatic nitrogens is 3. The Hall–Kier alpha value is -3.86. The van der Waals surface area contributed by atoms with Crippen molar-refractivity contribution in [3.63, 3.8) is 0 Å². The zero-order valence-electron chi connectivity index (χ0n) is 14.4. The van der Waals surface area contributed by atoms with E-state index >= 15 is 0 Å². The summed E-state index contributed by atoms with van der Waals surface area (Å²) in [6, 6.07) is 27.1. The Labute approximate surface area is 155 Å². The Balaban J connectivity index is 1.73. The maximum Gasteiger partial charge on any atom is 0.273 e. The first kappa shape index (κ1) is 15.4. The van der Waals surface area contributed by atoms with Crippen molar-refractivity contribution >= 4 is 33.2 Å². The summed E-state index contributed by atoms with van der Waals surface area (Å²) in [6.07, 6.45) is 1.87. The van der Waals surface area contributed by atoms with E-state index in [2.05, 4.69) is 10.4 Å². The van der Waals surface area contributed by atoms with E-state index in [1.807, 2.05) is 85.1 Å². The molecule has 2 aromatic heterocycles. The van der Waals surface area contributed by atoms with Crippen LogP contribution in [0.1, 0.15) is 0 Å². The minimum absolute atomic E-state index is 0.153. The third-order valence-electron chi connectivity index (χ3n) is 4.56. The highest BCUT2D eigenvalue weighted by atomic mass is 16.1.